The van der Waals surface area contributed by atoms with Crippen LogP contribution < -0.4 is 20.1 Å². The fraction of sp³-hybridized carbons (Fsp3) is 0.211. The van der Waals surface area contributed by atoms with Crippen molar-refractivity contribution in [1.82, 2.24) is 5.32 Å². The van der Waals surface area contributed by atoms with E-state index in [4.69, 9.17) is 9.47 Å². The number of hydrogen-bond acceptors (Lipinski definition) is 4. The molecule has 124 valence electrons. The molecule has 0 spiro atoms. The Morgan fingerprint density at radius 3 is 2.75 bits per heavy atom. The number of anilines is 1. The molecule has 1 atom stereocenters. The van der Waals surface area contributed by atoms with E-state index >= 15 is 0 Å². The first-order chi connectivity index (χ1) is 11.7. The lowest BCUT2D eigenvalue weighted by molar-refractivity contribution is 0.0935. The van der Waals surface area contributed by atoms with Crippen LogP contribution in [0.4, 0.5) is 5.69 Å². The summed E-state index contributed by atoms with van der Waals surface area (Å²) in [5.41, 5.74) is 2.35. The van der Waals surface area contributed by atoms with Crippen LogP contribution in [0.25, 0.3) is 0 Å². The monoisotopic (exact) mass is 324 g/mol. The standard InChI is InChI=1S/C19H20N2O3/c1-3-11-24-16-10-9-13(12-17(16)23-4-2)18-20-15-8-6-5-7-14(15)19(22)21-18/h3,5-10,12,18,20H,1,4,11H2,2H3,(H,21,22)/t18-/m0/s1. The number of rotatable bonds is 6. The van der Waals surface area contributed by atoms with Crippen LogP contribution in [0.3, 0.4) is 0 Å². The molecule has 5 heteroatoms. The first-order valence-corrected chi connectivity index (χ1v) is 7.89. The normalized spacial score (nSPS) is 15.7. The summed E-state index contributed by atoms with van der Waals surface area (Å²) in [5, 5.41) is 6.29. The predicted molar refractivity (Wildman–Crippen MR) is 93.6 cm³/mol. The minimum atomic E-state index is -0.319. The van der Waals surface area contributed by atoms with Crippen LogP contribution >= 0.6 is 0 Å². The molecule has 0 aliphatic carbocycles. The fourth-order valence-corrected chi connectivity index (χ4v) is 2.61. The molecule has 2 aromatic carbocycles. The molecule has 2 N–H and O–H groups in total. The Balaban J connectivity index is 1.88. The van der Waals surface area contributed by atoms with Crippen LogP contribution in [0.5, 0.6) is 11.5 Å². The van der Waals surface area contributed by atoms with Gasteiger partial charge >= 0.3 is 0 Å². The zero-order valence-corrected chi connectivity index (χ0v) is 13.5. The van der Waals surface area contributed by atoms with Gasteiger partial charge in [-0.15, -0.1) is 0 Å². The van der Waals surface area contributed by atoms with Crippen LogP contribution in [0, 0.1) is 0 Å². The SMILES string of the molecule is C=CCOc1ccc([C@@H]2NC(=O)c3ccccc3N2)cc1OCC. The van der Waals surface area contributed by atoms with Crippen LogP contribution in [0.1, 0.15) is 29.0 Å². The quantitative estimate of drug-likeness (QED) is 0.799. The Bertz CT molecular complexity index is 758. The second-order valence-corrected chi connectivity index (χ2v) is 5.34. The number of fused-ring (bicyclic) bond motifs is 1. The third kappa shape index (κ3) is 3.20. The minimum absolute atomic E-state index is 0.0979. The third-order valence-corrected chi connectivity index (χ3v) is 3.70. The summed E-state index contributed by atoms with van der Waals surface area (Å²) in [7, 11) is 0. The van der Waals surface area contributed by atoms with Crippen molar-refractivity contribution >= 4 is 11.6 Å². The summed E-state index contributed by atoms with van der Waals surface area (Å²) in [6.07, 6.45) is 1.36. The van der Waals surface area contributed by atoms with Crippen molar-refractivity contribution in [3.05, 3.63) is 66.2 Å². The lowest BCUT2D eigenvalue weighted by atomic mass is 10.1. The highest BCUT2D eigenvalue weighted by Gasteiger charge is 2.24. The second-order valence-electron chi connectivity index (χ2n) is 5.34. The molecular formula is C19H20N2O3. The Labute approximate surface area is 141 Å². The number of ether oxygens (including phenoxy) is 2. The summed E-state index contributed by atoms with van der Waals surface area (Å²) >= 11 is 0. The van der Waals surface area contributed by atoms with E-state index in [-0.39, 0.29) is 12.1 Å². The van der Waals surface area contributed by atoms with Gasteiger partial charge in [-0.3, -0.25) is 4.79 Å². The van der Waals surface area contributed by atoms with E-state index in [0.717, 1.165) is 11.3 Å². The van der Waals surface area contributed by atoms with Gasteiger partial charge in [-0.05, 0) is 36.8 Å². The van der Waals surface area contributed by atoms with Gasteiger partial charge in [0, 0.05) is 5.69 Å². The van der Waals surface area contributed by atoms with E-state index in [2.05, 4.69) is 17.2 Å². The predicted octanol–water partition coefficient (Wildman–Crippen LogP) is 3.50. The van der Waals surface area contributed by atoms with Gasteiger partial charge in [0.1, 0.15) is 12.8 Å². The molecule has 0 saturated heterocycles. The maximum Gasteiger partial charge on any atom is 0.255 e. The Morgan fingerprint density at radius 2 is 1.96 bits per heavy atom. The van der Waals surface area contributed by atoms with Crippen LogP contribution in [-0.4, -0.2) is 19.1 Å². The van der Waals surface area contributed by atoms with Crippen molar-refractivity contribution in [3.8, 4) is 11.5 Å². The summed E-state index contributed by atoms with van der Waals surface area (Å²) < 4.78 is 11.3. The average molecular weight is 324 g/mol. The highest BCUT2D eigenvalue weighted by Crippen LogP contribution is 2.33. The first kappa shape index (κ1) is 15.9. The van der Waals surface area contributed by atoms with E-state index in [1.165, 1.54) is 0 Å². The maximum atomic E-state index is 12.3. The number of para-hydroxylation sites is 1. The van der Waals surface area contributed by atoms with Crippen molar-refractivity contribution < 1.29 is 14.3 Å². The largest absolute Gasteiger partial charge is 0.490 e. The molecule has 1 amide bonds. The molecule has 0 aromatic heterocycles. The number of carbonyl (C=O) groups is 1. The maximum absolute atomic E-state index is 12.3. The Kier molecular flexibility index (Phi) is 4.70. The van der Waals surface area contributed by atoms with Gasteiger partial charge in [0.05, 0.1) is 12.2 Å². The minimum Gasteiger partial charge on any atom is -0.490 e. The van der Waals surface area contributed by atoms with Crippen molar-refractivity contribution in [2.75, 3.05) is 18.5 Å². The van der Waals surface area contributed by atoms with Gasteiger partial charge in [-0.2, -0.15) is 0 Å². The molecule has 2 aromatic rings. The van der Waals surface area contributed by atoms with Gasteiger partial charge in [-0.25, -0.2) is 0 Å². The summed E-state index contributed by atoms with van der Waals surface area (Å²) in [4.78, 5) is 12.3. The molecular weight excluding hydrogens is 304 g/mol. The van der Waals surface area contributed by atoms with Crippen molar-refractivity contribution in [1.29, 1.82) is 0 Å². The molecule has 1 aliphatic rings. The molecule has 0 saturated carbocycles. The van der Waals surface area contributed by atoms with E-state index in [9.17, 15) is 4.79 Å². The molecule has 0 unspecified atom stereocenters. The zero-order chi connectivity index (χ0) is 16.9. The van der Waals surface area contributed by atoms with Crippen LogP contribution in [-0.2, 0) is 0 Å². The van der Waals surface area contributed by atoms with E-state index in [0.29, 0.717) is 30.3 Å². The average Bonchev–Trinajstić information content (AvgIpc) is 2.61. The molecule has 5 nitrogen and oxygen atoms in total. The summed E-state index contributed by atoms with van der Waals surface area (Å²) in [6.45, 7) is 6.50. The number of carbonyl (C=O) groups excluding carboxylic acids is 1. The molecule has 0 fully saturated rings. The lowest BCUT2D eigenvalue weighted by Gasteiger charge is -2.28. The van der Waals surface area contributed by atoms with E-state index in [1.807, 2.05) is 43.3 Å². The van der Waals surface area contributed by atoms with Crippen LogP contribution in [0.2, 0.25) is 0 Å². The van der Waals surface area contributed by atoms with Gasteiger partial charge in [0.15, 0.2) is 11.5 Å². The van der Waals surface area contributed by atoms with E-state index < -0.39 is 0 Å². The second kappa shape index (κ2) is 7.08. The topological polar surface area (TPSA) is 59.6 Å². The fourth-order valence-electron chi connectivity index (χ4n) is 2.61. The van der Waals surface area contributed by atoms with Crippen LogP contribution in [0.15, 0.2) is 55.1 Å². The molecule has 3 rings (SSSR count). The Morgan fingerprint density at radius 1 is 1.12 bits per heavy atom. The van der Waals surface area contributed by atoms with Crippen molar-refractivity contribution in [2.45, 2.75) is 13.1 Å². The van der Waals surface area contributed by atoms with Gasteiger partial charge < -0.3 is 20.1 Å². The summed E-state index contributed by atoms with van der Waals surface area (Å²) in [5.74, 6) is 1.20. The van der Waals surface area contributed by atoms with Gasteiger partial charge in [-0.1, -0.05) is 30.9 Å². The number of amides is 1. The smallest absolute Gasteiger partial charge is 0.255 e. The highest BCUT2D eigenvalue weighted by molar-refractivity contribution is 6.01. The number of hydrogen-bond donors (Lipinski definition) is 2. The molecule has 0 bridgehead atoms. The highest BCUT2D eigenvalue weighted by atomic mass is 16.5. The van der Waals surface area contributed by atoms with E-state index in [1.54, 1.807) is 12.1 Å². The molecule has 1 heterocycles. The number of benzene rings is 2. The first-order valence-electron chi connectivity index (χ1n) is 7.89. The lowest BCUT2D eigenvalue weighted by Crippen LogP contribution is -2.38. The molecule has 0 radical (unpaired) electrons. The van der Waals surface area contributed by atoms with Crippen molar-refractivity contribution in [2.24, 2.45) is 0 Å². The zero-order valence-electron chi connectivity index (χ0n) is 13.5. The third-order valence-electron chi connectivity index (χ3n) is 3.70. The van der Waals surface area contributed by atoms with Gasteiger partial charge in [0.2, 0.25) is 0 Å². The molecule has 24 heavy (non-hydrogen) atoms. The Hall–Kier alpha value is -2.95. The molecule has 1 aliphatic heterocycles. The van der Waals surface area contributed by atoms with Gasteiger partial charge in [0.25, 0.3) is 5.91 Å². The summed E-state index contributed by atoms with van der Waals surface area (Å²) in [6, 6.07) is 13.1. The number of nitrogens with one attached hydrogen (secondary N) is 2. The van der Waals surface area contributed by atoms with Crippen molar-refractivity contribution in [3.63, 3.8) is 0 Å².